The first-order valence-electron chi connectivity index (χ1n) is 4.75. The largest absolute Gasteiger partial charge is 0.271 e. The van der Waals surface area contributed by atoms with Crippen molar-refractivity contribution in [2.75, 3.05) is 0 Å². The molecule has 4 heteroatoms. The van der Waals surface area contributed by atoms with Gasteiger partial charge in [-0.2, -0.15) is 5.10 Å². The molecule has 0 aliphatic rings. The first kappa shape index (κ1) is 10.2. The number of nitrogens with one attached hydrogen (secondary N) is 1. The van der Waals surface area contributed by atoms with E-state index in [0.717, 1.165) is 24.4 Å². The number of hydrazine groups is 1. The quantitative estimate of drug-likeness (QED) is 0.539. The van der Waals surface area contributed by atoms with Crippen LogP contribution in [0.25, 0.3) is 0 Å². The van der Waals surface area contributed by atoms with Crippen molar-refractivity contribution in [1.82, 2.24) is 15.2 Å². The Hall–Kier alpha value is -0.870. The van der Waals surface area contributed by atoms with Crippen LogP contribution in [0.1, 0.15) is 38.2 Å². The third-order valence-electron chi connectivity index (χ3n) is 2.22. The predicted octanol–water partition coefficient (Wildman–Crippen LogP) is 0.990. The minimum absolute atomic E-state index is 0.160. The average Bonchev–Trinajstić information content (AvgIpc) is 2.59. The average molecular weight is 182 g/mol. The van der Waals surface area contributed by atoms with Crippen molar-refractivity contribution in [3.63, 3.8) is 0 Å². The third kappa shape index (κ3) is 2.08. The van der Waals surface area contributed by atoms with Gasteiger partial charge in [0.05, 0.1) is 17.4 Å². The molecule has 0 saturated carbocycles. The summed E-state index contributed by atoms with van der Waals surface area (Å²) in [5.74, 6) is 5.39. The standard InChI is InChI=1S/C9H18N4/c1-4-8-6-9(7(3)11-10)13(5-2)12-8/h6-7,11H,4-5,10H2,1-3H3. The Labute approximate surface area is 79.1 Å². The molecule has 0 aromatic carbocycles. The highest BCUT2D eigenvalue weighted by Crippen LogP contribution is 2.13. The second-order valence-electron chi connectivity index (χ2n) is 3.12. The Balaban J connectivity index is 2.96. The number of rotatable bonds is 4. The van der Waals surface area contributed by atoms with E-state index in [1.54, 1.807) is 0 Å². The summed E-state index contributed by atoms with van der Waals surface area (Å²) in [7, 11) is 0. The zero-order valence-corrected chi connectivity index (χ0v) is 8.54. The van der Waals surface area contributed by atoms with Crippen molar-refractivity contribution < 1.29 is 0 Å². The molecule has 4 nitrogen and oxygen atoms in total. The molecule has 0 fully saturated rings. The van der Waals surface area contributed by atoms with Gasteiger partial charge in [0.25, 0.3) is 0 Å². The number of hydrogen-bond donors (Lipinski definition) is 2. The van der Waals surface area contributed by atoms with Crippen LogP contribution in [0.15, 0.2) is 6.07 Å². The van der Waals surface area contributed by atoms with Gasteiger partial charge < -0.3 is 0 Å². The monoisotopic (exact) mass is 182 g/mol. The van der Waals surface area contributed by atoms with Crippen LogP contribution in [-0.4, -0.2) is 9.78 Å². The molecule has 1 rings (SSSR count). The summed E-state index contributed by atoms with van der Waals surface area (Å²) in [6.07, 6.45) is 0.970. The Bertz CT molecular complexity index is 267. The molecule has 1 heterocycles. The van der Waals surface area contributed by atoms with Gasteiger partial charge in [-0.25, -0.2) is 0 Å². The van der Waals surface area contributed by atoms with Gasteiger partial charge in [-0.3, -0.25) is 16.0 Å². The third-order valence-corrected chi connectivity index (χ3v) is 2.22. The van der Waals surface area contributed by atoms with Crippen molar-refractivity contribution in [2.24, 2.45) is 5.84 Å². The van der Waals surface area contributed by atoms with E-state index < -0.39 is 0 Å². The van der Waals surface area contributed by atoms with Gasteiger partial charge in [0.15, 0.2) is 0 Å². The van der Waals surface area contributed by atoms with Crippen LogP contribution >= 0.6 is 0 Å². The second-order valence-corrected chi connectivity index (χ2v) is 3.12. The van der Waals surface area contributed by atoms with E-state index in [0.29, 0.717) is 0 Å². The molecule has 0 aliphatic heterocycles. The normalized spacial score (nSPS) is 13.2. The SMILES string of the molecule is CCc1cc(C(C)NN)n(CC)n1. The van der Waals surface area contributed by atoms with E-state index in [9.17, 15) is 0 Å². The predicted molar refractivity (Wildman–Crippen MR) is 53.0 cm³/mol. The highest BCUT2D eigenvalue weighted by Gasteiger charge is 2.10. The summed E-state index contributed by atoms with van der Waals surface area (Å²) < 4.78 is 1.99. The van der Waals surface area contributed by atoms with Crippen LogP contribution in [0.4, 0.5) is 0 Å². The molecular weight excluding hydrogens is 164 g/mol. The fraction of sp³-hybridized carbons (Fsp3) is 0.667. The smallest absolute Gasteiger partial charge is 0.0625 e. The Morgan fingerprint density at radius 1 is 1.62 bits per heavy atom. The fourth-order valence-corrected chi connectivity index (χ4v) is 1.35. The molecule has 1 unspecified atom stereocenters. The maximum atomic E-state index is 5.39. The Morgan fingerprint density at radius 2 is 2.31 bits per heavy atom. The zero-order valence-electron chi connectivity index (χ0n) is 8.54. The summed E-state index contributed by atoms with van der Waals surface area (Å²) in [6.45, 7) is 7.11. The van der Waals surface area contributed by atoms with Crippen LogP contribution in [0.3, 0.4) is 0 Å². The van der Waals surface area contributed by atoms with Gasteiger partial charge in [0.1, 0.15) is 0 Å². The highest BCUT2D eigenvalue weighted by molar-refractivity contribution is 5.13. The number of aromatic nitrogens is 2. The molecule has 0 aliphatic carbocycles. The van der Waals surface area contributed by atoms with Crippen LogP contribution in [0, 0.1) is 0 Å². The Kier molecular flexibility index (Phi) is 3.45. The van der Waals surface area contributed by atoms with E-state index in [1.807, 2.05) is 11.6 Å². The van der Waals surface area contributed by atoms with Gasteiger partial charge in [0.2, 0.25) is 0 Å². The number of aryl methyl sites for hydroxylation is 2. The Morgan fingerprint density at radius 3 is 2.77 bits per heavy atom. The molecule has 0 amide bonds. The minimum Gasteiger partial charge on any atom is -0.271 e. The van der Waals surface area contributed by atoms with Crippen molar-refractivity contribution in [3.8, 4) is 0 Å². The molecule has 1 aromatic heterocycles. The lowest BCUT2D eigenvalue weighted by Crippen LogP contribution is -2.27. The lowest BCUT2D eigenvalue weighted by molar-refractivity contribution is 0.521. The van der Waals surface area contributed by atoms with Crippen molar-refractivity contribution in [1.29, 1.82) is 0 Å². The van der Waals surface area contributed by atoms with Gasteiger partial charge in [-0.15, -0.1) is 0 Å². The molecule has 74 valence electrons. The maximum absolute atomic E-state index is 5.39. The number of nitrogens with two attached hydrogens (primary N) is 1. The van der Waals surface area contributed by atoms with E-state index in [1.165, 1.54) is 0 Å². The first-order chi connectivity index (χ1) is 6.22. The molecule has 13 heavy (non-hydrogen) atoms. The highest BCUT2D eigenvalue weighted by atomic mass is 15.3. The second kappa shape index (κ2) is 4.39. The van der Waals surface area contributed by atoms with E-state index in [4.69, 9.17) is 5.84 Å². The molecule has 1 aromatic rings. The van der Waals surface area contributed by atoms with Crippen LogP contribution in [0.5, 0.6) is 0 Å². The summed E-state index contributed by atoms with van der Waals surface area (Å²) in [5, 5.41) is 4.44. The lowest BCUT2D eigenvalue weighted by Gasteiger charge is -2.10. The number of hydrogen-bond acceptors (Lipinski definition) is 3. The lowest BCUT2D eigenvalue weighted by atomic mass is 10.2. The van der Waals surface area contributed by atoms with E-state index >= 15 is 0 Å². The zero-order chi connectivity index (χ0) is 9.84. The first-order valence-corrected chi connectivity index (χ1v) is 4.75. The van der Waals surface area contributed by atoms with Gasteiger partial charge in [-0.1, -0.05) is 6.92 Å². The summed E-state index contributed by atoms with van der Waals surface area (Å²) in [5.41, 5.74) is 5.01. The molecule has 0 bridgehead atoms. The minimum atomic E-state index is 0.160. The maximum Gasteiger partial charge on any atom is 0.0625 e. The summed E-state index contributed by atoms with van der Waals surface area (Å²) >= 11 is 0. The molecule has 0 saturated heterocycles. The van der Waals surface area contributed by atoms with Crippen molar-refractivity contribution in [3.05, 3.63) is 17.5 Å². The molecule has 0 radical (unpaired) electrons. The van der Waals surface area contributed by atoms with Gasteiger partial charge in [0, 0.05) is 6.54 Å². The van der Waals surface area contributed by atoms with Crippen LogP contribution < -0.4 is 11.3 Å². The summed E-state index contributed by atoms with van der Waals surface area (Å²) in [4.78, 5) is 0. The van der Waals surface area contributed by atoms with E-state index in [-0.39, 0.29) is 6.04 Å². The topological polar surface area (TPSA) is 55.9 Å². The van der Waals surface area contributed by atoms with Crippen molar-refractivity contribution >= 4 is 0 Å². The van der Waals surface area contributed by atoms with E-state index in [2.05, 4.69) is 30.4 Å². The molecule has 3 N–H and O–H groups in total. The van der Waals surface area contributed by atoms with Gasteiger partial charge >= 0.3 is 0 Å². The van der Waals surface area contributed by atoms with Gasteiger partial charge in [-0.05, 0) is 26.3 Å². The summed E-state index contributed by atoms with van der Waals surface area (Å²) in [6, 6.07) is 2.27. The molecule has 1 atom stereocenters. The van der Waals surface area contributed by atoms with Crippen molar-refractivity contribution in [2.45, 2.75) is 39.8 Å². The van der Waals surface area contributed by atoms with Crippen LogP contribution in [0.2, 0.25) is 0 Å². The fourth-order valence-electron chi connectivity index (χ4n) is 1.35. The molecule has 0 spiro atoms. The molecular formula is C9H18N4. The number of nitrogens with zero attached hydrogens (tertiary/aromatic N) is 2. The van der Waals surface area contributed by atoms with Crippen LogP contribution in [-0.2, 0) is 13.0 Å².